The van der Waals surface area contributed by atoms with Crippen LogP contribution < -0.4 is 11.1 Å². The van der Waals surface area contributed by atoms with Crippen molar-refractivity contribution in [3.05, 3.63) is 10.4 Å². The Kier molecular flexibility index (Phi) is 3.86. The van der Waals surface area contributed by atoms with Crippen LogP contribution in [0.5, 0.6) is 0 Å². The van der Waals surface area contributed by atoms with E-state index in [1.165, 1.54) is 4.90 Å². The zero-order chi connectivity index (χ0) is 15.1. The molecule has 2 rings (SSSR count). The average Bonchev–Trinajstić information content (AvgIpc) is 3.09. The van der Waals surface area contributed by atoms with Gasteiger partial charge in [-0.1, -0.05) is 0 Å². The van der Waals surface area contributed by atoms with Gasteiger partial charge in [0.2, 0.25) is 0 Å². The predicted octanol–water partition coefficient (Wildman–Crippen LogP) is 2.88. The maximum absolute atomic E-state index is 12.3. The summed E-state index contributed by atoms with van der Waals surface area (Å²) < 4.78 is 37.0. The minimum absolute atomic E-state index is 0.172. The van der Waals surface area contributed by atoms with Crippen molar-refractivity contribution in [3.8, 4) is 0 Å². The van der Waals surface area contributed by atoms with Crippen LogP contribution >= 0.6 is 11.3 Å². The molecular formula is C12H16F3N3OS. The van der Waals surface area contributed by atoms with Crippen LogP contribution in [0.1, 0.15) is 34.0 Å². The maximum Gasteiger partial charge on any atom is 0.405 e. The smallest absolute Gasteiger partial charge is 0.397 e. The number of rotatable bonds is 4. The molecule has 3 N–H and O–H groups in total. The Morgan fingerprint density at radius 2 is 2.05 bits per heavy atom. The Morgan fingerprint density at radius 1 is 1.45 bits per heavy atom. The van der Waals surface area contributed by atoms with Crippen molar-refractivity contribution >= 4 is 27.9 Å². The molecule has 1 saturated carbocycles. The van der Waals surface area contributed by atoms with Crippen LogP contribution in [-0.2, 0) is 0 Å². The summed E-state index contributed by atoms with van der Waals surface area (Å²) in [6.07, 6.45) is -2.50. The summed E-state index contributed by atoms with van der Waals surface area (Å²) in [4.78, 5) is 13.7. The van der Waals surface area contributed by atoms with Gasteiger partial charge < -0.3 is 16.0 Å². The number of halogens is 3. The van der Waals surface area contributed by atoms with Crippen LogP contribution in [0.4, 0.5) is 23.9 Å². The molecule has 1 heterocycles. The molecule has 4 nitrogen and oxygen atoms in total. The number of hydrogen-bond acceptors (Lipinski definition) is 4. The van der Waals surface area contributed by atoms with Crippen LogP contribution in [-0.4, -0.2) is 37.6 Å². The van der Waals surface area contributed by atoms with Crippen molar-refractivity contribution in [1.29, 1.82) is 0 Å². The van der Waals surface area contributed by atoms with Crippen LogP contribution in [0.25, 0.3) is 0 Å². The van der Waals surface area contributed by atoms with Gasteiger partial charge in [0.1, 0.15) is 11.4 Å². The summed E-state index contributed by atoms with van der Waals surface area (Å²) in [5, 5.41) is 2.74. The third kappa shape index (κ3) is 3.17. The van der Waals surface area contributed by atoms with Crippen molar-refractivity contribution in [2.45, 2.75) is 24.9 Å². The second kappa shape index (κ2) is 5.16. The Bertz CT molecular complexity index is 521. The first-order chi connectivity index (χ1) is 9.20. The standard InChI is InChI=1S/C12H16F3N3OS/c1-18(2)11(19)9-8(16)7(6-3-4-6)10(20-9)17-5-12(13,14)15/h6,17H,3-5,16H2,1-2H3. The van der Waals surface area contributed by atoms with E-state index in [1.807, 2.05) is 0 Å². The van der Waals surface area contributed by atoms with Gasteiger partial charge in [-0.3, -0.25) is 4.79 Å². The summed E-state index contributed by atoms with van der Waals surface area (Å²) in [5.74, 6) is -0.111. The van der Waals surface area contributed by atoms with Gasteiger partial charge in [-0.05, 0) is 18.8 Å². The number of nitrogens with zero attached hydrogens (tertiary/aromatic N) is 1. The normalized spacial score (nSPS) is 15.2. The first-order valence-electron chi connectivity index (χ1n) is 6.15. The van der Waals surface area contributed by atoms with Crippen molar-refractivity contribution in [1.82, 2.24) is 4.90 Å². The van der Waals surface area contributed by atoms with Crippen LogP contribution in [0.15, 0.2) is 0 Å². The Hall–Kier alpha value is -1.44. The lowest BCUT2D eigenvalue weighted by molar-refractivity contribution is -0.115. The number of thiophene rings is 1. The fourth-order valence-electron chi connectivity index (χ4n) is 1.91. The van der Waals surface area contributed by atoms with Gasteiger partial charge in [-0.25, -0.2) is 0 Å². The van der Waals surface area contributed by atoms with E-state index in [2.05, 4.69) is 5.32 Å². The number of nitrogen functional groups attached to an aromatic ring is 1. The molecule has 1 amide bonds. The van der Waals surface area contributed by atoms with Gasteiger partial charge in [-0.15, -0.1) is 11.3 Å². The number of carbonyl (C=O) groups is 1. The first kappa shape index (κ1) is 15.0. The number of nitrogens with one attached hydrogen (secondary N) is 1. The molecule has 8 heteroatoms. The highest BCUT2D eigenvalue weighted by atomic mass is 32.1. The van der Waals surface area contributed by atoms with Crippen LogP contribution in [0.2, 0.25) is 0 Å². The van der Waals surface area contributed by atoms with Crippen molar-refractivity contribution in [3.63, 3.8) is 0 Å². The molecule has 1 aliphatic rings. The molecule has 0 bridgehead atoms. The molecule has 0 spiro atoms. The predicted molar refractivity (Wildman–Crippen MR) is 73.3 cm³/mol. The SMILES string of the molecule is CN(C)C(=O)c1sc(NCC(F)(F)F)c(C2CC2)c1N. The molecule has 0 unspecified atom stereocenters. The molecule has 20 heavy (non-hydrogen) atoms. The molecule has 1 aliphatic carbocycles. The summed E-state index contributed by atoms with van der Waals surface area (Å²) in [6.45, 7) is -1.12. The molecular weight excluding hydrogens is 291 g/mol. The Balaban J connectivity index is 2.30. The lowest BCUT2D eigenvalue weighted by Crippen LogP contribution is -2.21. The Morgan fingerprint density at radius 3 is 2.50 bits per heavy atom. The minimum atomic E-state index is -4.30. The molecule has 1 aromatic heterocycles. The molecule has 0 atom stereocenters. The second-order valence-electron chi connectivity index (χ2n) is 5.03. The zero-order valence-electron chi connectivity index (χ0n) is 11.2. The Labute approximate surface area is 118 Å². The first-order valence-corrected chi connectivity index (χ1v) is 6.96. The van der Waals surface area contributed by atoms with Gasteiger partial charge in [-0.2, -0.15) is 13.2 Å². The highest BCUT2D eigenvalue weighted by molar-refractivity contribution is 7.18. The van der Waals surface area contributed by atoms with Gasteiger partial charge >= 0.3 is 6.18 Å². The summed E-state index contributed by atoms with van der Waals surface area (Å²) in [6, 6.07) is 0. The van der Waals surface area contributed by atoms with E-state index in [0.717, 1.165) is 24.2 Å². The van der Waals surface area contributed by atoms with Gasteiger partial charge in [0, 0.05) is 19.7 Å². The third-order valence-electron chi connectivity index (χ3n) is 3.02. The van der Waals surface area contributed by atoms with Gasteiger partial charge in [0.15, 0.2) is 0 Å². The van der Waals surface area contributed by atoms with Gasteiger partial charge in [0.25, 0.3) is 5.91 Å². The summed E-state index contributed by atoms with van der Waals surface area (Å²) in [5.41, 5.74) is 6.96. The van der Waals surface area contributed by atoms with Gasteiger partial charge in [0.05, 0.1) is 10.7 Å². The van der Waals surface area contributed by atoms with Crippen LogP contribution in [0, 0.1) is 0 Å². The lowest BCUT2D eigenvalue weighted by atomic mass is 10.1. The van der Waals surface area contributed by atoms with Crippen molar-refractivity contribution in [2.75, 3.05) is 31.7 Å². The largest absolute Gasteiger partial charge is 0.405 e. The fraction of sp³-hybridized carbons (Fsp3) is 0.583. The number of amides is 1. The highest BCUT2D eigenvalue weighted by Gasteiger charge is 2.35. The molecule has 0 radical (unpaired) electrons. The molecule has 112 valence electrons. The molecule has 1 aromatic rings. The van der Waals surface area contributed by atoms with Crippen LogP contribution in [0.3, 0.4) is 0 Å². The van der Waals surface area contributed by atoms with E-state index in [-0.39, 0.29) is 11.8 Å². The highest BCUT2D eigenvalue weighted by Crippen LogP contribution is 2.51. The third-order valence-corrected chi connectivity index (χ3v) is 4.19. The molecule has 0 saturated heterocycles. The molecule has 0 aromatic carbocycles. The quantitative estimate of drug-likeness (QED) is 0.899. The van der Waals surface area contributed by atoms with Crippen molar-refractivity contribution in [2.24, 2.45) is 0 Å². The average molecular weight is 307 g/mol. The number of hydrogen-bond donors (Lipinski definition) is 2. The number of carbonyl (C=O) groups excluding carboxylic acids is 1. The van der Waals surface area contributed by atoms with E-state index in [1.54, 1.807) is 14.1 Å². The topological polar surface area (TPSA) is 58.4 Å². The minimum Gasteiger partial charge on any atom is -0.397 e. The lowest BCUT2D eigenvalue weighted by Gasteiger charge is -2.09. The summed E-state index contributed by atoms with van der Waals surface area (Å²) >= 11 is 1.00. The monoisotopic (exact) mass is 307 g/mol. The van der Waals surface area contributed by atoms with E-state index < -0.39 is 12.7 Å². The van der Waals surface area contributed by atoms with Crippen molar-refractivity contribution < 1.29 is 18.0 Å². The summed E-state index contributed by atoms with van der Waals surface area (Å²) in [7, 11) is 3.17. The number of nitrogens with two attached hydrogens (primary N) is 1. The zero-order valence-corrected chi connectivity index (χ0v) is 12.0. The van der Waals surface area contributed by atoms with E-state index >= 15 is 0 Å². The second-order valence-corrected chi connectivity index (χ2v) is 6.05. The fourth-order valence-corrected chi connectivity index (χ4v) is 3.13. The molecule has 0 aliphatic heterocycles. The maximum atomic E-state index is 12.3. The molecule has 1 fully saturated rings. The van der Waals surface area contributed by atoms with E-state index in [0.29, 0.717) is 21.1 Å². The van der Waals surface area contributed by atoms with E-state index in [9.17, 15) is 18.0 Å². The number of anilines is 2. The van der Waals surface area contributed by atoms with E-state index in [4.69, 9.17) is 5.73 Å². The number of alkyl halides is 3.